The predicted octanol–water partition coefficient (Wildman–Crippen LogP) is 2.96. The number of nitrogens with two attached hydrogens (primary N) is 1. The first-order valence-corrected chi connectivity index (χ1v) is 5.64. The second-order valence-electron chi connectivity index (χ2n) is 4.22. The maximum absolute atomic E-state index is 13.7. The third kappa shape index (κ3) is 1.54. The second-order valence-corrected chi connectivity index (χ2v) is 4.22. The van der Waals surface area contributed by atoms with Crippen molar-refractivity contribution >= 4 is 16.6 Å². The molecule has 2 N–H and O–H groups in total. The Balaban J connectivity index is 2.33. The van der Waals surface area contributed by atoms with E-state index in [1.54, 1.807) is 29.9 Å². The minimum Gasteiger partial charge on any atom is -0.384 e. The number of aryl methyl sites for hydroxylation is 1. The quantitative estimate of drug-likeness (QED) is 0.711. The molecule has 0 radical (unpaired) electrons. The van der Waals surface area contributed by atoms with Crippen LogP contribution < -0.4 is 5.73 Å². The van der Waals surface area contributed by atoms with Crippen molar-refractivity contribution in [2.45, 2.75) is 0 Å². The maximum atomic E-state index is 13.7. The maximum Gasteiger partial charge on any atom is 0.131 e. The van der Waals surface area contributed by atoms with Crippen LogP contribution in [0.2, 0.25) is 0 Å². The van der Waals surface area contributed by atoms with Gasteiger partial charge in [0.15, 0.2) is 0 Å². The molecule has 2 aromatic carbocycles. The molecule has 3 rings (SSSR count). The van der Waals surface area contributed by atoms with Crippen molar-refractivity contribution in [3.8, 4) is 11.3 Å². The summed E-state index contributed by atoms with van der Waals surface area (Å²) in [5.74, 6) is 0.358. The zero-order chi connectivity index (χ0) is 12.7. The van der Waals surface area contributed by atoms with E-state index in [1.807, 2.05) is 18.2 Å². The average Bonchev–Trinajstić information content (AvgIpc) is 2.70. The number of nitrogens with zero attached hydrogens (tertiary/aromatic N) is 2. The number of nitrogen functional groups attached to an aromatic ring is 1. The fourth-order valence-corrected chi connectivity index (χ4v) is 2.10. The monoisotopic (exact) mass is 241 g/mol. The second kappa shape index (κ2) is 3.84. The first-order chi connectivity index (χ1) is 8.66. The molecule has 0 unspecified atom stereocenters. The third-order valence-corrected chi connectivity index (χ3v) is 3.06. The van der Waals surface area contributed by atoms with Crippen molar-refractivity contribution in [3.63, 3.8) is 0 Å². The van der Waals surface area contributed by atoms with Crippen molar-refractivity contribution in [3.05, 3.63) is 48.3 Å². The van der Waals surface area contributed by atoms with Gasteiger partial charge in [0, 0.05) is 24.1 Å². The van der Waals surface area contributed by atoms with Crippen molar-refractivity contribution in [2.24, 2.45) is 7.05 Å². The van der Waals surface area contributed by atoms with E-state index in [9.17, 15) is 4.39 Å². The molecule has 3 aromatic rings. The van der Waals surface area contributed by atoms with Crippen LogP contribution in [0.25, 0.3) is 22.0 Å². The summed E-state index contributed by atoms with van der Waals surface area (Å²) < 4.78 is 15.3. The lowest BCUT2D eigenvalue weighted by molar-refractivity contribution is 0.640. The molecule has 1 aromatic heterocycles. The largest absolute Gasteiger partial charge is 0.384 e. The fraction of sp³-hybridized carbons (Fsp3) is 0.0714. The number of fused-ring (bicyclic) bond motifs is 1. The molecule has 4 heteroatoms. The summed E-state index contributed by atoms with van der Waals surface area (Å²) in [7, 11) is 1.78. The van der Waals surface area contributed by atoms with Crippen LogP contribution in [0.4, 0.5) is 10.2 Å². The van der Waals surface area contributed by atoms with Gasteiger partial charge >= 0.3 is 0 Å². The van der Waals surface area contributed by atoms with Crippen LogP contribution in [0.1, 0.15) is 0 Å². The highest BCUT2D eigenvalue weighted by Crippen LogP contribution is 2.30. The summed E-state index contributed by atoms with van der Waals surface area (Å²) in [5, 5.41) is 5.77. The van der Waals surface area contributed by atoms with Crippen LogP contribution in [0, 0.1) is 5.82 Å². The van der Waals surface area contributed by atoms with E-state index < -0.39 is 0 Å². The van der Waals surface area contributed by atoms with Gasteiger partial charge in [-0.1, -0.05) is 24.3 Å². The summed E-state index contributed by atoms with van der Waals surface area (Å²) in [6.07, 6.45) is 0. The van der Waals surface area contributed by atoms with Gasteiger partial charge in [0.05, 0.1) is 5.69 Å². The average molecular weight is 241 g/mol. The molecule has 0 fully saturated rings. The molecule has 0 spiro atoms. The number of anilines is 1. The van der Waals surface area contributed by atoms with E-state index in [0.29, 0.717) is 11.2 Å². The van der Waals surface area contributed by atoms with Gasteiger partial charge in [-0.3, -0.25) is 4.68 Å². The van der Waals surface area contributed by atoms with Gasteiger partial charge in [-0.15, -0.1) is 0 Å². The normalized spacial score (nSPS) is 11.0. The molecule has 0 atom stereocenters. The minimum atomic E-state index is -0.224. The minimum absolute atomic E-state index is 0.224. The summed E-state index contributed by atoms with van der Waals surface area (Å²) in [5.41, 5.74) is 7.42. The van der Waals surface area contributed by atoms with Crippen LogP contribution >= 0.6 is 0 Å². The number of rotatable bonds is 1. The first kappa shape index (κ1) is 10.8. The SMILES string of the molecule is Cn1nc(-c2ccc(F)c3ccccc23)cc1N. The Morgan fingerprint density at radius 3 is 2.50 bits per heavy atom. The van der Waals surface area contributed by atoms with Crippen LogP contribution in [-0.4, -0.2) is 9.78 Å². The Labute approximate surface area is 104 Å². The Bertz CT molecular complexity index is 711. The lowest BCUT2D eigenvalue weighted by Crippen LogP contribution is -1.96. The Kier molecular flexibility index (Phi) is 2.30. The molecule has 3 nitrogen and oxygen atoms in total. The van der Waals surface area contributed by atoms with Gasteiger partial charge < -0.3 is 5.73 Å². The molecule has 18 heavy (non-hydrogen) atoms. The van der Waals surface area contributed by atoms with E-state index in [0.717, 1.165) is 16.6 Å². The van der Waals surface area contributed by atoms with E-state index in [-0.39, 0.29) is 5.82 Å². The number of aromatic nitrogens is 2. The summed E-state index contributed by atoms with van der Waals surface area (Å²) in [6.45, 7) is 0. The summed E-state index contributed by atoms with van der Waals surface area (Å²) >= 11 is 0. The van der Waals surface area contributed by atoms with E-state index in [2.05, 4.69) is 5.10 Å². The Morgan fingerprint density at radius 1 is 1.11 bits per heavy atom. The molecular weight excluding hydrogens is 229 g/mol. The van der Waals surface area contributed by atoms with E-state index in [4.69, 9.17) is 5.73 Å². The lowest BCUT2D eigenvalue weighted by Gasteiger charge is -2.04. The summed E-state index contributed by atoms with van der Waals surface area (Å²) in [4.78, 5) is 0. The molecular formula is C14H12FN3. The van der Waals surface area contributed by atoms with E-state index in [1.165, 1.54) is 6.07 Å². The van der Waals surface area contributed by atoms with Crippen molar-refractivity contribution in [2.75, 3.05) is 5.73 Å². The first-order valence-electron chi connectivity index (χ1n) is 5.64. The van der Waals surface area contributed by atoms with Crippen LogP contribution in [0.15, 0.2) is 42.5 Å². The molecule has 0 bridgehead atoms. The zero-order valence-corrected chi connectivity index (χ0v) is 9.89. The Hall–Kier alpha value is -2.36. The van der Waals surface area contributed by atoms with Crippen LogP contribution in [-0.2, 0) is 7.05 Å². The molecule has 0 aliphatic rings. The fourth-order valence-electron chi connectivity index (χ4n) is 2.10. The molecule has 90 valence electrons. The molecule has 0 aliphatic carbocycles. The topological polar surface area (TPSA) is 43.8 Å². The number of benzene rings is 2. The number of hydrogen-bond acceptors (Lipinski definition) is 2. The van der Waals surface area contributed by atoms with Gasteiger partial charge in [0.25, 0.3) is 0 Å². The van der Waals surface area contributed by atoms with Gasteiger partial charge in [-0.05, 0) is 17.5 Å². The van der Waals surface area contributed by atoms with Crippen molar-refractivity contribution in [1.82, 2.24) is 9.78 Å². The van der Waals surface area contributed by atoms with E-state index >= 15 is 0 Å². The number of hydrogen-bond donors (Lipinski definition) is 1. The molecule has 0 saturated carbocycles. The smallest absolute Gasteiger partial charge is 0.131 e. The standard InChI is InChI=1S/C14H12FN3/c1-18-14(16)8-13(17-18)11-6-7-12(15)10-5-3-2-4-9(10)11/h2-8H,16H2,1H3. The van der Waals surface area contributed by atoms with Gasteiger partial charge in [0.2, 0.25) is 0 Å². The Morgan fingerprint density at radius 2 is 1.83 bits per heavy atom. The highest BCUT2D eigenvalue weighted by Gasteiger charge is 2.10. The van der Waals surface area contributed by atoms with Gasteiger partial charge in [0.1, 0.15) is 11.6 Å². The van der Waals surface area contributed by atoms with Crippen molar-refractivity contribution < 1.29 is 4.39 Å². The van der Waals surface area contributed by atoms with Crippen molar-refractivity contribution in [1.29, 1.82) is 0 Å². The molecule has 0 amide bonds. The highest BCUT2D eigenvalue weighted by atomic mass is 19.1. The molecule has 0 aliphatic heterocycles. The van der Waals surface area contributed by atoms with Crippen LogP contribution in [0.5, 0.6) is 0 Å². The van der Waals surface area contributed by atoms with Gasteiger partial charge in [-0.2, -0.15) is 5.10 Å². The van der Waals surface area contributed by atoms with Crippen LogP contribution in [0.3, 0.4) is 0 Å². The number of halogens is 1. The summed E-state index contributed by atoms with van der Waals surface area (Å²) in [6, 6.07) is 12.3. The lowest BCUT2D eigenvalue weighted by atomic mass is 10.0. The molecule has 1 heterocycles. The molecule has 0 saturated heterocycles. The van der Waals surface area contributed by atoms with Gasteiger partial charge in [-0.25, -0.2) is 4.39 Å². The highest BCUT2D eigenvalue weighted by molar-refractivity contribution is 5.96. The third-order valence-electron chi connectivity index (χ3n) is 3.06. The zero-order valence-electron chi connectivity index (χ0n) is 9.89. The predicted molar refractivity (Wildman–Crippen MR) is 70.5 cm³/mol.